The Bertz CT molecular complexity index is 655. The molecule has 0 aliphatic carbocycles. The Labute approximate surface area is 134 Å². The third kappa shape index (κ3) is 3.32. The molecule has 5 nitrogen and oxygen atoms in total. The van der Waals surface area contributed by atoms with E-state index in [1.54, 1.807) is 23.9 Å². The minimum absolute atomic E-state index is 0.200. The highest BCUT2D eigenvalue weighted by Crippen LogP contribution is 2.26. The summed E-state index contributed by atoms with van der Waals surface area (Å²) in [4.78, 5) is 28.4. The number of thiazole rings is 1. The molecule has 1 amide bonds. The molecule has 0 aromatic carbocycles. The molecule has 1 fully saturated rings. The second-order valence-corrected chi connectivity index (χ2v) is 7.02. The first-order chi connectivity index (χ1) is 10.6. The summed E-state index contributed by atoms with van der Waals surface area (Å²) in [5.41, 5.74) is 2.03. The summed E-state index contributed by atoms with van der Waals surface area (Å²) in [7, 11) is 0. The summed E-state index contributed by atoms with van der Waals surface area (Å²) >= 11 is 1.62. The van der Waals surface area contributed by atoms with Crippen molar-refractivity contribution in [2.45, 2.75) is 39.0 Å². The number of amides is 1. The standard InChI is InChI=1S/C16H20N4OS/c1-11-15(22-12(2)19-11)8-16(21)20-7-3-4-13(9-20)14-5-6-17-10-18-14/h5-6,10,13H,3-4,7-9H2,1-2H3/t13-/m1/s1. The monoisotopic (exact) mass is 316 g/mol. The van der Waals surface area contributed by atoms with E-state index in [2.05, 4.69) is 15.0 Å². The Balaban J connectivity index is 1.67. The zero-order valence-corrected chi connectivity index (χ0v) is 13.8. The lowest BCUT2D eigenvalue weighted by Crippen LogP contribution is -2.40. The second kappa shape index (κ2) is 6.52. The fourth-order valence-corrected chi connectivity index (χ4v) is 3.90. The van der Waals surface area contributed by atoms with Crippen molar-refractivity contribution in [1.29, 1.82) is 0 Å². The number of carbonyl (C=O) groups is 1. The maximum atomic E-state index is 12.6. The molecule has 1 aliphatic heterocycles. The predicted molar refractivity (Wildman–Crippen MR) is 85.9 cm³/mol. The first-order valence-corrected chi connectivity index (χ1v) is 8.41. The number of piperidine rings is 1. The van der Waals surface area contributed by atoms with Crippen LogP contribution in [0, 0.1) is 13.8 Å². The van der Waals surface area contributed by atoms with Gasteiger partial charge in [-0.05, 0) is 32.8 Å². The predicted octanol–water partition coefficient (Wildman–Crippen LogP) is 2.50. The number of carbonyl (C=O) groups excluding carboxylic acids is 1. The van der Waals surface area contributed by atoms with Crippen LogP contribution in [0.25, 0.3) is 0 Å². The van der Waals surface area contributed by atoms with Crippen molar-refractivity contribution in [1.82, 2.24) is 19.9 Å². The van der Waals surface area contributed by atoms with Gasteiger partial charge in [-0.1, -0.05) is 0 Å². The number of aryl methyl sites for hydroxylation is 2. The van der Waals surface area contributed by atoms with Gasteiger partial charge in [-0.3, -0.25) is 4.79 Å². The lowest BCUT2D eigenvalue weighted by molar-refractivity contribution is -0.131. The smallest absolute Gasteiger partial charge is 0.227 e. The zero-order valence-electron chi connectivity index (χ0n) is 13.0. The molecule has 22 heavy (non-hydrogen) atoms. The molecular formula is C16H20N4OS. The zero-order chi connectivity index (χ0) is 15.5. The third-order valence-electron chi connectivity index (χ3n) is 4.11. The normalized spacial score (nSPS) is 18.5. The van der Waals surface area contributed by atoms with E-state index >= 15 is 0 Å². The molecule has 0 saturated carbocycles. The van der Waals surface area contributed by atoms with Crippen LogP contribution in [-0.2, 0) is 11.2 Å². The fraction of sp³-hybridized carbons (Fsp3) is 0.500. The summed E-state index contributed by atoms with van der Waals surface area (Å²) in [5.74, 6) is 0.524. The first kappa shape index (κ1) is 15.1. The Hall–Kier alpha value is -1.82. The number of hydrogen-bond acceptors (Lipinski definition) is 5. The first-order valence-electron chi connectivity index (χ1n) is 7.60. The minimum atomic E-state index is 0.200. The van der Waals surface area contributed by atoms with Gasteiger partial charge in [0.1, 0.15) is 6.33 Å². The van der Waals surface area contributed by atoms with Crippen LogP contribution in [0.3, 0.4) is 0 Å². The largest absolute Gasteiger partial charge is 0.342 e. The van der Waals surface area contributed by atoms with E-state index in [1.807, 2.05) is 24.8 Å². The van der Waals surface area contributed by atoms with Gasteiger partial charge in [0.05, 0.1) is 17.1 Å². The number of rotatable bonds is 3. The molecule has 1 saturated heterocycles. The van der Waals surface area contributed by atoms with Crippen molar-refractivity contribution in [3.8, 4) is 0 Å². The van der Waals surface area contributed by atoms with Crippen LogP contribution in [0.4, 0.5) is 0 Å². The van der Waals surface area contributed by atoms with Crippen molar-refractivity contribution in [3.05, 3.63) is 39.9 Å². The Morgan fingerprint density at radius 3 is 3.00 bits per heavy atom. The Morgan fingerprint density at radius 1 is 1.45 bits per heavy atom. The van der Waals surface area contributed by atoms with E-state index in [1.165, 1.54) is 0 Å². The van der Waals surface area contributed by atoms with Crippen molar-refractivity contribution >= 4 is 17.2 Å². The van der Waals surface area contributed by atoms with E-state index in [4.69, 9.17) is 0 Å². The molecule has 0 spiro atoms. The molecule has 3 rings (SSSR count). The summed E-state index contributed by atoms with van der Waals surface area (Å²) in [6, 6.07) is 1.95. The summed E-state index contributed by atoms with van der Waals surface area (Å²) in [6.45, 7) is 5.56. The Morgan fingerprint density at radius 2 is 2.32 bits per heavy atom. The van der Waals surface area contributed by atoms with Crippen LogP contribution in [0.15, 0.2) is 18.6 Å². The lowest BCUT2D eigenvalue weighted by Gasteiger charge is -2.32. The number of hydrogen-bond donors (Lipinski definition) is 0. The molecule has 0 unspecified atom stereocenters. The van der Waals surface area contributed by atoms with Gasteiger partial charge in [-0.2, -0.15) is 0 Å². The quantitative estimate of drug-likeness (QED) is 0.873. The van der Waals surface area contributed by atoms with Crippen LogP contribution in [0.1, 0.15) is 40.0 Å². The summed E-state index contributed by atoms with van der Waals surface area (Å²) in [6.07, 6.45) is 5.93. The van der Waals surface area contributed by atoms with E-state index in [9.17, 15) is 4.79 Å². The van der Waals surface area contributed by atoms with Crippen molar-refractivity contribution in [2.24, 2.45) is 0 Å². The highest BCUT2D eigenvalue weighted by atomic mass is 32.1. The third-order valence-corrected chi connectivity index (χ3v) is 5.18. The van der Waals surface area contributed by atoms with Crippen LogP contribution in [0.2, 0.25) is 0 Å². The average molecular weight is 316 g/mol. The van der Waals surface area contributed by atoms with E-state index < -0.39 is 0 Å². The van der Waals surface area contributed by atoms with Crippen LogP contribution in [0.5, 0.6) is 0 Å². The molecule has 1 aliphatic rings. The number of aromatic nitrogens is 3. The molecular weight excluding hydrogens is 296 g/mol. The van der Waals surface area contributed by atoms with Gasteiger partial charge in [0.2, 0.25) is 5.91 Å². The van der Waals surface area contributed by atoms with E-state index in [0.29, 0.717) is 12.3 Å². The maximum absolute atomic E-state index is 12.6. The van der Waals surface area contributed by atoms with E-state index in [-0.39, 0.29) is 5.91 Å². The highest BCUT2D eigenvalue weighted by molar-refractivity contribution is 7.11. The average Bonchev–Trinajstić information content (AvgIpc) is 2.86. The van der Waals surface area contributed by atoms with Crippen LogP contribution < -0.4 is 0 Å². The highest BCUT2D eigenvalue weighted by Gasteiger charge is 2.26. The van der Waals surface area contributed by atoms with Crippen molar-refractivity contribution < 1.29 is 4.79 Å². The van der Waals surface area contributed by atoms with Crippen LogP contribution in [-0.4, -0.2) is 38.8 Å². The molecule has 0 bridgehead atoms. The van der Waals surface area contributed by atoms with Gasteiger partial charge in [-0.25, -0.2) is 15.0 Å². The van der Waals surface area contributed by atoms with Gasteiger partial charge < -0.3 is 4.90 Å². The summed E-state index contributed by atoms with van der Waals surface area (Å²) < 4.78 is 0. The van der Waals surface area contributed by atoms with Gasteiger partial charge >= 0.3 is 0 Å². The van der Waals surface area contributed by atoms with E-state index in [0.717, 1.165) is 47.2 Å². The summed E-state index contributed by atoms with van der Waals surface area (Å²) in [5, 5.41) is 1.03. The second-order valence-electron chi connectivity index (χ2n) is 5.73. The number of likely N-dealkylation sites (tertiary alicyclic amines) is 1. The van der Waals surface area contributed by atoms with Gasteiger partial charge in [0.25, 0.3) is 0 Å². The number of nitrogens with zero attached hydrogens (tertiary/aromatic N) is 4. The molecule has 0 N–H and O–H groups in total. The maximum Gasteiger partial charge on any atom is 0.227 e. The minimum Gasteiger partial charge on any atom is -0.342 e. The van der Waals surface area contributed by atoms with Crippen molar-refractivity contribution in [3.63, 3.8) is 0 Å². The van der Waals surface area contributed by atoms with Gasteiger partial charge in [0, 0.05) is 35.8 Å². The molecule has 2 aromatic heterocycles. The Kier molecular flexibility index (Phi) is 4.47. The van der Waals surface area contributed by atoms with Gasteiger partial charge in [-0.15, -0.1) is 11.3 Å². The lowest BCUT2D eigenvalue weighted by atomic mass is 9.94. The molecule has 116 valence electrons. The van der Waals surface area contributed by atoms with Crippen LogP contribution >= 0.6 is 11.3 Å². The molecule has 0 radical (unpaired) electrons. The fourth-order valence-electron chi connectivity index (χ4n) is 2.97. The molecule has 3 heterocycles. The SMILES string of the molecule is Cc1nc(C)c(CC(=O)N2CCC[C@@H](c3ccncn3)C2)s1. The topological polar surface area (TPSA) is 59.0 Å². The molecule has 6 heteroatoms. The van der Waals surface area contributed by atoms with Crippen molar-refractivity contribution in [2.75, 3.05) is 13.1 Å². The molecule has 1 atom stereocenters. The van der Waals surface area contributed by atoms with Gasteiger partial charge in [0.15, 0.2) is 0 Å². The molecule has 2 aromatic rings.